The highest BCUT2D eigenvalue weighted by molar-refractivity contribution is 9.10. The van der Waals surface area contributed by atoms with Gasteiger partial charge in [-0.05, 0) is 42.5 Å². The second kappa shape index (κ2) is 6.93. The van der Waals surface area contributed by atoms with Crippen molar-refractivity contribution in [1.29, 1.82) is 0 Å². The molecule has 1 fully saturated rings. The zero-order valence-electron chi connectivity index (χ0n) is 12.3. The summed E-state index contributed by atoms with van der Waals surface area (Å²) in [6.45, 7) is 1.19. The Bertz CT molecular complexity index is 731. The first-order valence-electron chi connectivity index (χ1n) is 7.18. The van der Waals surface area contributed by atoms with Gasteiger partial charge >= 0.3 is 0 Å². The monoisotopic (exact) mass is 374 g/mol. The molecule has 0 radical (unpaired) electrons. The van der Waals surface area contributed by atoms with Crippen LogP contribution >= 0.6 is 15.9 Å². The van der Waals surface area contributed by atoms with E-state index in [1.54, 1.807) is 29.2 Å². The third-order valence-electron chi connectivity index (χ3n) is 3.51. The van der Waals surface area contributed by atoms with E-state index >= 15 is 0 Å². The number of nitrogens with one attached hydrogen (secondary N) is 1. The number of hydrogen-bond acceptors (Lipinski definition) is 3. The minimum Gasteiger partial charge on any atom is -0.370 e. The summed E-state index contributed by atoms with van der Waals surface area (Å²) in [6, 6.07) is 14.4. The first-order chi connectivity index (χ1) is 11.1. The van der Waals surface area contributed by atoms with Crippen LogP contribution in [0.1, 0.15) is 10.4 Å². The molecular weight excluding hydrogens is 360 g/mol. The number of anilines is 2. The van der Waals surface area contributed by atoms with Crippen LogP contribution in [0, 0.1) is 0 Å². The number of benzene rings is 2. The normalized spacial score (nSPS) is 14.7. The van der Waals surface area contributed by atoms with Gasteiger partial charge in [-0.25, -0.2) is 0 Å². The maximum atomic E-state index is 12.2. The molecule has 2 aromatic carbocycles. The van der Waals surface area contributed by atoms with Crippen molar-refractivity contribution in [2.24, 2.45) is 0 Å². The van der Waals surface area contributed by atoms with Gasteiger partial charge in [0.2, 0.25) is 0 Å². The number of nitrogens with zero attached hydrogens (tertiary/aromatic N) is 1. The third kappa shape index (κ3) is 3.78. The minimum absolute atomic E-state index is 0.0535. The largest absolute Gasteiger partial charge is 0.370 e. The van der Waals surface area contributed by atoms with Crippen molar-refractivity contribution in [3.63, 3.8) is 0 Å². The van der Waals surface area contributed by atoms with Gasteiger partial charge in [-0.15, -0.1) is 0 Å². The van der Waals surface area contributed by atoms with Crippen molar-refractivity contribution in [3.8, 4) is 0 Å². The molecule has 2 amide bonds. The fourth-order valence-electron chi connectivity index (χ4n) is 2.35. The lowest BCUT2D eigenvalue weighted by Gasteiger charge is -2.26. The molecule has 0 bridgehead atoms. The van der Waals surface area contributed by atoms with Gasteiger partial charge < -0.3 is 15.0 Å². The average molecular weight is 375 g/mol. The number of halogens is 1. The van der Waals surface area contributed by atoms with Gasteiger partial charge in [-0.3, -0.25) is 9.59 Å². The second-order valence-corrected chi connectivity index (χ2v) is 6.02. The maximum absolute atomic E-state index is 12.2. The lowest BCUT2D eigenvalue weighted by Crippen LogP contribution is -2.41. The van der Waals surface area contributed by atoms with E-state index in [4.69, 9.17) is 4.74 Å². The Balaban J connectivity index is 1.70. The zero-order chi connectivity index (χ0) is 16.2. The molecule has 1 heterocycles. The van der Waals surface area contributed by atoms with Crippen molar-refractivity contribution in [3.05, 3.63) is 58.6 Å². The van der Waals surface area contributed by atoms with E-state index in [2.05, 4.69) is 21.2 Å². The maximum Gasteiger partial charge on any atom is 0.255 e. The van der Waals surface area contributed by atoms with E-state index in [0.717, 1.165) is 10.2 Å². The molecule has 0 unspecified atom stereocenters. The van der Waals surface area contributed by atoms with Crippen LogP contribution in [0.2, 0.25) is 0 Å². The molecule has 6 heteroatoms. The van der Waals surface area contributed by atoms with Crippen LogP contribution in [0.15, 0.2) is 53.0 Å². The van der Waals surface area contributed by atoms with Gasteiger partial charge in [0.15, 0.2) is 0 Å². The number of amides is 2. The highest BCUT2D eigenvalue weighted by atomic mass is 79.9. The Hall–Kier alpha value is -2.18. The molecule has 0 saturated carbocycles. The fraction of sp³-hybridized carbons (Fsp3) is 0.176. The van der Waals surface area contributed by atoms with Crippen molar-refractivity contribution < 1.29 is 14.3 Å². The molecule has 0 aromatic heterocycles. The van der Waals surface area contributed by atoms with Crippen molar-refractivity contribution in [1.82, 2.24) is 0 Å². The number of carbonyl (C=O) groups is 2. The van der Waals surface area contributed by atoms with Crippen LogP contribution in [0.3, 0.4) is 0 Å². The van der Waals surface area contributed by atoms with Gasteiger partial charge in [-0.2, -0.15) is 0 Å². The van der Waals surface area contributed by atoms with E-state index < -0.39 is 0 Å². The topological polar surface area (TPSA) is 58.6 Å². The summed E-state index contributed by atoms with van der Waals surface area (Å²) in [6.07, 6.45) is 0. The number of morpholine rings is 1. The van der Waals surface area contributed by atoms with Crippen LogP contribution in [0.5, 0.6) is 0 Å². The van der Waals surface area contributed by atoms with Gasteiger partial charge in [0.25, 0.3) is 11.8 Å². The lowest BCUT2D eigenvalue weighted by molar-refractivity contribution is -0.125. The standard InChI is InChI=1S/C17H15BrN2O3/c18-13-3-1-2-12(10-13)17(22)19-14-4-6-15(7-5-14)20-8-9-23-11-16(20)21/h1-7,10H,8-9,11H2,(H,19,22). The summed E-state index contributed by atoms with van der Waals surface area (Å²) in [5.41, 5.74) is 2.06. The molecule has 2 aromatic rings. The number of rotatable bonds is 3. The molecule has 1 aliphatic rings. The molecule has 23 heavy (non-hydrogen) atoms. The van der Waals surface area contributed by atoms with Crippen molar-refractivity contribution in [2.45, 2.75) is 0 Å². The lowest BCUT2D eigenvalue weighted by atomic mass is 10.2. The minimum atomic E-state index is -0.179. The molecule has 1 aliphatic heterocycles. The summed E-state index contributed by atoms with van der Waals surface area (Å²) in [7, 11) is 0. The molecule has 1 saturated heterocycles. The summed E-state index contributed by atoms with van der Waals surface area (Å²) in [4.78, 5) is 25.7. The average Bonchev–Trinajstić information content (AvgIpc) is 2.56. The Morgan fingerprint density at radius 2 is 1.96 bits per heavy atom. The van der Waals surface area contributed by atoms with Crippen molar-refractivity contribution in [2.75, 3.05) is 30.0 Å². The van der Waals surface area contributed by atoms with Gasteiger partial charge in [-0.1, -0.05) is 22.0 Å². The molecule has 3 rings (SSSR count). The molecule has 5 nitrogen and oxygen atoms in total. The summed E-state index contributed by atoms with van der Waals surface area (Å²) in [5.74, 6) is -0.233. The van der Waals surface area contributed by atoms with Crippen LogP contribution in [0.25, 0.3) is 0 Å². The predicted molar refractivity (Wildman–Crippen MR) is 91.7 cm³/mol. The number of ether oxygens (including phenoxy) is 1. The summed E-state index contributed by atoms with van der Waals surface area (Å²) in [5, 5.41) is 2.84. The zero-order valence-corrected chi connectivity index (χ0v) is 13.9. The highest BCUT2D eigenvalue weighted by Gasteiger charge is 2.19. The first kappa shape index (κ1) is 15.7. The third-order valence-corrected chi connectivity index (χ3v) is 4.00. The van der Waals surface area contributed by atoms with Crippen molar-refractivity contribution >= 4 is 39.1 Å². The Morgan fingerprint density at radius 3 is 2.65 bits per heavy atom. The predicted octanol–water partition coefficient (Wildman–Crippen LogP) is 3.06. The quantitative estimate of drug-likeness (QED) is 0.897. The summed E-state index contributed by atoms with van der Waals surface area (Å²) >= 11 is 3.35. The van der Waals surface area contributed by atoms with E-state index in [0.29, 0.717) is 24.4 Å². The van der Waals surface area contributed by atoms with Gasteiger partial charge in [0.1, 0.15) is 6.61 Å². The Kier molecular flexibility index (Phi) is 4.73. The van der Waals surface area contributed by atoms with E-state index in [1.165, 1.54) is 0 Å². The van der Waals surface area contributed by atoms with E-state index in [-0.39, 0.29) is 18.4 Å². The molecule has 0 atom stereocenters. The second-order valence-electron chi connectivity index (χ2n) is 5.11. The summed E-state index contributed by atoms with van der Waals surface area (Å²) < 4.78 is 5.97. The molecule has 118 valence electrons. The number of carbonyl (C=O) groups excluding carboxylic acids is 2. The number of hydrogen-bond donors (Lipinski definition) is 1. The SMILES string of the molecule is O=C(Nc1ccc(N2CCOCC2=O)cc1)c1cccc(Br)c1. The Morgan fingerprint density at radius 1 is 1.17 bits per heavy atom. The van der Waals surface area contributed by atoms with Crippen LogP contribution in [-0.4, -0.2) is 31.6 Å². The molecular formula is C17H15BrN2O3. The first-order valence-corrected chi connectivity index (χ1v) is 7.98. The molecule has 1 N–H and O–H groups in total. The molecule has 0 spiro atoms. The van der Waals surface area contributed by atoms with E-state index in [9.17, 15) is 9.59 Å². The van der Waals surface area contributed by atoms with Gasteiger partial charge in [0.05, 0.1) is 6.61 Å². The highest BCUT2D eigenvalue weighted by Crippen LogP contribution is 2.20. The Labute approximate surface area is 142 Å². The van der Waals surface area contributed by atoms with Crippen LogP contribution in [-0.2, 0) is 9.53 Å². The van der Waals surface area contributed by atoms with Crippen LogP contribution < -0.4 is 10.2 Å². The van der Waals surface area contributed by atoms with E-state index in [1.807, 2.05) is 24.3 Å². The van der Waals surface area contributed by atoms with Crippen LogP contribution in [0.4, 0.5) is 11.4 Å². The smallest absolute Gasteiger partial charge is 0.255 e. The van der Waals surface area contributed by atoms with Gasteiger partial charge in [0, 0.05) is 28.0 Å². The fourth-order valence-corrected chi connectivity index (χ4v) is 2.75. The molecule has 0 aliphatic carbocycles.